The highest BCUT2D eigenvalue weighted by atomic mass is 32.2. The lowest BCUT2D eigenvalue weighted by Crippen LogP contribution is -2.25. The maximum atomic E-state index is 11.3. The van der Waals surface area contributed by atoms with E-state index >= 15 is 0 Å². The molecule has 1 fully saturated rings. The Balaban J connectivity index is 1.82. The van der Waals surface area contributed by atoms with Gasteiger partial charge in [-0.1, -0.05) is 19.3 Å². The molecule has 0 spiro atoms. The van der Waals surface area contributed by atoms with Gasteiger partial charge in [0.05, 0.1) is 5.69 Å². The number of aromatic nitrogens is 2. The second-order valence-corrected chi connectivity index (χ2v) is 7.96. The molecule has 3 rings (SSSR count). The lowest BCUT2D eigenvalue weighted by Gasteiger charge is -2.23. The average Bonchev–Trinajstić information content (AvgIpc) is 2.87. The molecule has 1 aromatic rings. The van der Waals surface area contributed by atoms with E-state index in [-0.39, 0.29) is 0 Å². The first-order valence-corrected chi connectivity index (χ1v) is 10.1. The highest BCUT2D eigenvalue weighted by Crippen LogP contribution is 2.33. The van der Waals surface area contributed by atoms with Gasteiger partial charge in [-0.15, -0.1) is 0 Å². The van der Waals surface area contributed by atoms with Crippen LogP contribution in [0.2, 0.25) is 0 Å². The minimum Gasteiger partial charge on any atom is -0.331 e. The molecule has 4 nitrogen and oxygen atoms in total. The summed E-state index contributed by atoms with van der Waals surface area (Å²) in [6.45, 7) is 2.97. The zero-order valence-electron chi connectivity index (χ0n) is 13.1. The molecule has 118 valence electrons. The molecule has 0 aromatic carbocycles. The predicted octanol–water partition coefficient (Wildman–Crippen LogP) is 2.35. The van der Waals surface area contributed by atoms with Gasteiger partial charge in [-0.3, -0.25) is 4.21 Å². The molecule has 1 aromatic heterocycles. The topological polar surface area (TPSA) is 46.9 Å². The van der Waals surface area contributed by atoms with Gasteiger partial charge >= 0.3 is 0 Å². The molecule has 21 heavy (non-hydrogen) atoms. The minimum atomic E-state index is -0.686. The minimum absolute atomic E-state index is 0.650. The Morgan fingerprint density at radius 3 is 2.90 bits per heavy atom. The first-order chi connectivity index (χ1) is 10.3. The van der Waals surface area contributed by atoms with Crippen LogP contribution in [-0.4, -0.2) is 32.3 Å². The van der Waals surface area contributed by atoms with E-state index < -0.39 is 10.8 Å². The van der Waals surface area contributed by atoms with Crippen molar-refractivity contribution in [2.45, 2.75) is 64.0 Å². The van der Waals surface area contributed by atoms with Gasteiger partial charge in [0.15, 0.2) is 0 Å². The monoisotopic (exact) mass is 309 g/mol. The van der Waals surface area contributed by atoms with E-state index in [9.17, 15) is 4.21 Å². The molecule has 1 N–H and O–H groups in total. The first-order valence-electron chi connectivity index (χ1n) is 8.34. The smallest absolute Gasteiger partial charge is 0.112 e. The summed E-state index contributed by atoms with van der Waals surface area (Å²) in [7, 11) is -0.686. The molecule has 0 bridgehead atoms. The summed E-state index contributed by atoms with van der Waals surface area (Å²) in [5.74, 6) is 2.77. The van der Waals surface area contributed by atoms with E-state index in [0.717, 1.165) is 38.2 Å². The highest BCUT2D eigenvalue weighted by molar-refractivity contribution is 7.84. The molecule has 2 heterocycles. The second kappa shape index (κ2) is 7.05. The van der Waals surface area contributed by atoms with E-state index in [4.69, 9.17) is 4.98 Å². The first kappa shape index (κ1) is 15.2. The lowest BCUT2D eigenvalue weighted by molar-refractivity contribution is 0.412. The van der Waals surface area contributed by atoms with Gasteiger partial charge in [0, 0.05) is 60.5 Å². The Hall–Kier alpha value is -0.680. The van der Waals surface area contributed by atoms with E-state index in [2.05, 4.69) is 9.88 Å². The molecule has 2 aliphatic rings. The Bertz CT molecular complexity index is 506. The molecule has 1 aliphatic carbocycles. The molecule has 0 radical (unpaired) electrons. The van der Waals surface area contributed by atoms with Gasteiger partial charge < -0.3 is 9.88 Å². The van der Waals surface area contributed by atoms with Crippen LogP contribution in [0.4, 0.5) is 0 Å². The van der Waals surface area contributed by atoms with Crippen molar-refractivity contribution in [3.8, 4) is 0 Å². The second-order valence-electron chi connectivity index (χ2n) is 6.41. The third kappa shape index (κ3) is 3.57. The van der Waals surface area contributed by atoms with Crippen molar-refractivity contribution in [2.75, 3.05) is 18.6 Å². The van der Waals surface area contributed by atoms with Crippen molar-refractivity contribution < 1.29 is 4.21 Å². The Labute approximate surface area is 130 Å². The summed E-state index contributed by atoms with van der Waals surface area (Å²) >= 11 is 0. The Kier molecular flexibility index (Phi) is 5.11. The number of hydrogen-bond donors (Lipinski definition) is 1. The van der Waals surface area contributed by atoms with Gasteiger partial charge in [-0.2, -0.15) is 0 Å². The Morgan fingerprint density at radius 2 is 2.14 bits per heavy atom. The van der Waals surface area contributed by atoms with Gasteiger partial charge in [-0.05, 0) is 19.3 Å². The standard InChI is InChI=1S/C16H27N3OS/c1-21(20)11-5-10-19-15-8-9-17-12-14(15)18-16(19)13-6-3-2-4-7-13/h13,17H,2-12H2,1H3. The van der Waals surface area contributed by atoms with Crippen LogP contribution >= 0.6 is 0 Å². The third-order valence-electron chi connectivity index (χ3n) is 4.80. The van der Waals surface area contributed by atoms with Crippen LogP contribution in [0.25, 0.3) is 0 Å². The summed E-state index contributed by atoms with van der Waals surface area (Å²) in [6, 6.07) is 0. The normalized spacial score (nSPS) is 21.2. The SMILES string of the molecule is CS(=O)CCCn1c(C2CCCCC2)nc2c1CCNC2. The summed E-state index contributed by atoms with van der Waals surface area (Å²) in [5, 5.41) is 3.43. The summed E-state index contributed by atoms with van der Waals surface area (Å²) in [6.07, 6.45) is 10.6. The van der Waals surface area contributed by atoms with Crippen LogP contribution in [0.5, 0.6) is 0 Å². The van der Waals surface area contributed by atoms with Crippen LogP contribution < -0.4 is 5.32 Å². The Morgan fingerprint density at radius 1 is 1.33 bits per heavy atom. The van der Waals surface area contributed by atoms with Gasteiger partial charge in [0.1, 0.15) is 5.82 Å². The van der Waals surface area contributed by atoms with Crippen molar-refractivity contribution in [3.63, 3.8) is 0 Å². The molecule has 1 aliphatic heterocycles. The van der Waals surface area contributed by atoms with Crippen LogP contribution in [0.15, 0.2) is 0 Å². The van der Waals surface area contributed by atoms with Crippen molar-refractivity contribution in [1.82, 2.24) is 14.9 Å². The van der Waals surface area contributed by atoms with Crippen LogP contribution in [0.1, 0.15) is 61.7 Å². The van der Waals surface area contributed by atoms with Crippen molar-refractivity contribution >= 4 is 10.8 Å². The number of nitrogens with one attached hydrogen (secondary N) is 1. The number of rotatable bonds is 5. The fourth-order valence-electron chi connectivity index (χ4n) is 3.74. The van der Waals surface area contributed by atoms with Crippen LogP contribution in [0, 0.1) is 0 Å². The summed E-state index contributed by atoms with van der Waals surface area (Å²) in [4.78, 5) is 5.00. The molecule has 1 unspecified atom stereocenters. The van der Waals surface area contributed by atoms with E-state index in [1.165, 1.54) is 49.3 Å². The molecule has 1 saturated carbocycles. The number of hydrogen-bond acceptors (Lipinski definition) is 3. The maximum Gasteiger partial charge on any atom is 0.112 e. The molecular formula is C16H27N3OS. The summed E-state index contributed by atoms with van der Waals surface area (Å²) < 4.78 is 13.8. The quantitative estimate of drug-likeness (QED) is 0.908. The zero-order valence-corrected chi connectivity index (χ0v) is 13.9. The van der Waals surface area contributed by atoms with Crippen molar-refractivity contribution in [3.05, 3.63) is 17.2 Å². The fraction of sp³-hybridized carbons (Fsp3) is 0.812. The largest absolute Gasteiger partial charge is 0.331 e. The molecule has 5 heteroatoms. The average molecular weight is 309 g/mol. The molecule has 0 amide bonds. The summed E-state index contributed by atoms with van der Waals surface area (Å²) in [5.41, 5.74) is 2.70. The van der Waals surface area contributed by atoms with Gasteiger partial charge in [0.25, 0.3) is 0 Å². The predicted molar refractivity (Wildman–Crippen MR) is 87.0 cm³/mol. The molecule has 0 saturated heterocycles. The lowest BCUT2D eigenvalue weighted by atomic mass is 9.88. The van der Waals surface area contributed by atoms with Crippen molar-refractivity contribution in [2.24, 2.45) is 0 Å². The maximum absolute atomic E-state index is 11.3. The number of nitrogens with zero attached hydrogens (tertiary/aromatic N) is 2. The zero-order chi connectivity index (χ0) is 14.7. The van der Waals surface area contributed by atoms with Gasteiger partial charge in [0.2, 0.25) is 0 Å². The van der Waals surface area contributed by atoms with Gasteiger partial charge in [-0.25, -0.2) is 4.98 Å². The molecular weight excluding hydrogens is 282 g/mol. The van der Waals surface area contributed by atoms with E-state index in [1.807, 2.05) is 0 Å². The van der Waals surface area contributed by atoms with Crippen LogP contribution in [0.3, 0.4) is 0 Å². The molecule has 1 atom stereocenters. The van der Waals surface area contributed by atoms with Crippen molar-refractivity contribution in [1.29, 1.82) is 0 Å². The fourth-order valence-corrected chi connectivity index (χ4v) is 4.28. The third-order valence-corrected chi connectivity index (χ3v) is 5.66. The highest BCUT2D eigenvalue weighted by Gasteiger charge is 2.25. The number of fused-ring (bicyclic) bond motifs is 1. The van der Waals surface area contributed by atoms with Crippen LogP contribution in [-0.2, 0) is 30.3 Å². The van der Waals surface area contributed by atoms with E-state index in [1.54, 1.807) is 6.26 Å². The number of imidazole rings is 1. The van der Waals surface area contributed by atoms with E-state index in [0.29, 0.717) is 5.92 Å².